The van der Waals surface area contributed by atoms with Gasteiger partial charge in [-0.1, -0.05) is 17.7 Å². The molecule has 1 aromatic heterocycles. The molecular formula is C15H18ClN5O. The first-order valence-corrected chi connectivity index (χ1v) is 7.14. The van der Waals surface area contributed by atoms with Crippen molar-refractivity contribution in [2.75, 3.05) is 24.3 Å². The van der Waals surface area contributed by atoms with Crippen molar-refractivity contribution >= 4 is 29.1 Å². The number of benzene rings is 1. The van der Waals surface area contributed by atoms with E-state index in [9.17, 15) is 4.79 Å². The highest BCUT2D eigenvalue weighted by molar-refractivity contribution is 6.31. The first-order valence-electron chi connectivity index (χ1n) is 6.76. The summed E-state index contributed by atoms with van der Waals surface area (Å²) in [7, 11) is 3.79. The summed E-state index contributed by atoms with van der Waals surface area (Å²) in [6.07, 6.45) is 1.66. The summed E-state index contributed by atoms with van der Waals surface area (Å²) < 4.78 is 0. The first-order chi connectivity index (χ1) is 10.5. The molecule has 22 heavy (non-hydrogen) atoms. The Bertz CT molecular complexity index is 675. The van der Waals surface area contributed by atoms with Crippen LogP contribution in [-0.4, -0.2) is 30.1 Å². The molecule has 0 saturated carbocycles. The summed E-state index contributed by atoms with van der Waals surface area (Å²) in [4.78, 5) is 22.2. The lowest BCUT2D eigenvalue weighted by atomic mass is 10.2. The van der Waals surface area contributed by atoms with Crippen LogP contribution in [0.2, 0.25) is 5.02 Å². The maximum Gasteiger partial charge on any atom is 0.319 e. The number of urea groups is 1. The van der Waals surface area contributed by atoms with Gasteiger partial charge in [-0.05, 0) is 30.7 Å². The number of carbonyl (C=O) groups excluding carboxylic acids is 1. The standard InChI is InChI=1S/C15H18ClN5O/c1-10-4-5-11(8-12(10)16)19-15(22)18-9-13-17-7-6-14(20-13)21(2)3/h4-8H,9H2,1-3H3,(H2,18,19,22). The molecule has 0 aliphatic rings. The van der Waals surface area contributed by atoms with Crippen LogP contribution in [-0.2, 0) is 6.54 Å². The van der Waals surface area contributed by atoms with E-state index in [-0.39, 0.29) is 12.6 Å². The van der Waals surface area contributed by atoms with Crippen LogP contribution in [0, 0.1) is 6.92 Å². The lowest BCUT2D eigenvalue weighted by Crippen LogP contribution is -2.29. The van der Waals surface area contributed by atoms with Gasteiger partial charge < -0.3 is 15.5 Å². The fourth-order valence-corrected chi connectivity index (χ4v) is 1.91. The Morgan fingerprint density at radius 1 is 1.32 bits per heavy atom. The van der Waals surface area contributed by atoms with Crippen molar-refractivity contribution < 1.29 is 4.79 Å². The third-order valence-electron chi connectivity index (χ3n) is 2.99. The van der Waals surface area contributed by atoms with Crippen LogP contribution in [0.15, 0.2) is 30.5 Å². The van der Waals surface area contributed by atoms with Gasteiger partial charge in [-0.3, -0.25) is 0 Å². The van der Waals surface area contributed by atoms with E-state index in [0.29, 0.717) is 16.5 Å². The molecule has 6 nitrogen and oxygen atoms in total. The Hall–Kier alpha value is -2.34. The van der Waals surface area contributed by atoms with Crippen molar-refractivity contribution in [1.82, 2.24) is 15.3 Å². The molecule has 0 aliphatic heterocycles. The van der Waals surface area contributed by atoms with Gasteiger partial charge in [0.05, 0.1) is 6.54 Å². The molecule has 0 fully saturated rings. The van der Waals surface area contributed by atoms with Crippen LogP contribution in [0.1, 0.15) is 11.4 Å². The van der Waals surface area contributed by atoms with Gasteiger partial charge in [-0.25, -0.2) is 14.8 Å². The number of rotatable bonds is 4. The second-order valence-corrected chi connectivity index (χ2v) is 5.40. The van der Waals surface area contributed by atoms with Crippen LogP contribution in [0.4, 0.5) is 16.3 Å². The molecule has 2 aromatic rings. The summed E-state index contributed by atoms with van der Waals surface area (Å²) >= 11 is 6.02. The minimum Gasteiger partial charge on any atom is -0.363 e. The maximum atomic E-state index is 11.9. The van der Waals surface area contributed by atoms with Crippen molar-refractivity contribution in [2.45, 2.75) is 13.5 Å². The Balaban J connectivity index is 1.92. The van der Waals surface area contributed by atoms with Gasteiger partial charge in [0, 0.05) is 31.0 Å². The molecule has 0 aliphatic carbocycles. The zero-order chi connectivity index (χ0) is 16.1. The zero-order valence-electron chi connectivity index (χ0n) is 12.7. The summed E-state index contributed by atoms with van der Waals surface area (Å²) in [5.41, 5.74) is 1.59. The number of anilines is 2. The number of aromatic nitrogens is 2. The third-order valence-corrected chi connectivity index (χ3v) is 3.39. The van der Waals surface area contributed by atoms with Gasteiger partial charge in [0.2, 0.25) is 0 Å². The second kappa shape index (κ2) is 7.09. The predicted molar refractivity (Wildman–Crippen MR) is 88.4 cm³/mol. The number of hydrogen-bond donors (Lipinski definition) is 2. The van der Waals surface area contributed by atoms with Crippen LogP contribution >= 0.6 is 11.6 Å². The minimum absolute atomic E-state index is 0.243. The lowest BCUT2D eigenvalue weighted by Gasteiger charge is -2.12. The summed E-state index contributed by atoms with van der Waals surface area (Å²) in [5, 5.41) is 6.04. The number of aryl methyl sites for hydroxylation is 1. The SMILES string of the molecule is Cc1ccc(NC(=O)NCc2nccc(N(C)C)n2)cc1Cl. The first kappa shape index (κ1) is 16.0. The Morgan fingerprint density at radius 3 is 2.77 bits per heavy atom. The van der Waals surface area contributed by atoms with Crippen molar-refractivity contribution in [3.63, 3.8) is 0 Å². The number of nitrogens with one attached hydrogen (secondary N) is 2. The minimum atomic E-state index is -0.334. The molecule has 1 heterocycles. The highest BCUT2D eigenvalue weighted by atomic mass is 35.5. The van der Waals surface area contributed by atoms with Crippen LogP contribution < -0.4 is 15.5 Å². The van der Waals surface area contributed by atoms with E-state index in [0.717, 1.165) is 11.4 Å². The topological polar surface area (TPSA) is 70.2 Å². The number of halogens is 1. The fourth-order valence-electron chi connectivity index (χ4n) is 1.73. The van der Waals surface area contributed by atoms with Gasteiger partial charge in [-0.15, -0.1) is 0 Å². The van der Waals surface area contributed by atoms with E-state index in [2.05, 4.69) is 20.6 Å². The second-order valence-electron chi connectivity index (χ2n) is 5.00. The molecule has 0 radical (unpaired) electrons. The number of amides is 2. The fraction of sp³-hybridized carbons (Fsp3) is 0.267. The molecule has 0 spiro atoms. The average molecular weight is 320 g/mol. The zero-order valence-corrected chi connectivity index (χ0v) is 13.5. The quantitative estimate of drug-likeness (QED) is 0.909. The maximum absolute atomic E-state index is 11.9. The molecule has 116 valence electrons. The normalized spacial score (nSPS) is 10.2. The van der Waals surface area contributed by atoms with Gasteiger partial charge in [0.25, 0.3) is 0 Å². The van der Waals surface area contributed by atoms with Gasteiger partial charge in [-0.2, -0.15) is 0 Å². The third kappa shape index (κ3) is 4.33. The average Bonchev–Trinajstić information content (AvgIpc) is 2.49. The van der Waals surface area contributed by atoms with E-state index in [1.165, 1.54) is 0 Å². The molecule has 0 atom stereocenters. The van der Waals surface area contributed by atoms with Crippen molar-refractivity contribution in [3.05, 3.63) is 46.9 Å². The van der Waals surface area contributed by atoms with Gasteiger partial charge in [0.1, 0.15) is 11.6 Å². The monoisotopic (exact) mass is 319 g/mol. The van der Waals surface area contributed by atoms with Crippen molar-refractivity contribution in [3.8, 4) is 0 Å². The summed E-state index contributed by atoms with van der Waals surface area (Å²) in [5.74, 6) is 1.33. The van der Waals surface area contributed by atoms with Crippen LogP contribution in [0.5, 0.6) is 0 Å². The number of nitrogens with zero attached hydrogens (tertiary/aromatic N) is 3. The highest BCUT2D eigenvalue weighted by Crippen LogP contribution is 2.19. The molecule has 0 saturated heterocycles. The van der Waals surface area contributed by atoms with Crippen LogP contribution in [0.25, 0.3) is 0 Å². The van der Waals surface area contributed by atoms with E-state index in [1.54, 1.807) is 24.4 Å². The summed E-state index contributed by atoms with van der Waals surface area (Å²) in [6, 6.07) is 6.82. The van der Waals surface area contributed by atoms with E-state index < -0.39 is 0 Å². The van der Waals surface area contributed by atoms with E-state index in [4.69, 9.17) is 11.6 Å². The lowest BCUT2D eigenvalue weighted by molar-refractivity contribution is 0.251. The largest absolute Gasteiger partial charge is 0.363 e. The van der Waals surface area contributed by atoms with E-state index in [1.807, 2.05) is 32.0 Å². The molecule has 0 bridgehead atoms. The predicted octanol–water partition coefficient (Wildman–Crippen LogP) is 2.83. The summed E-state index contributed by atoms with van der Waals surface area (Å²) in [6.45, 7) is 2.15. The Morgan fingerprint density at radius 2 is 2.09 bits per heavy atom. The number of carbonyl (C=O) groups is 1. The Kier molecular flexibility index (Phi) is 5.16. The van der Waals surface area contributed by atoms with Crippen molar-refractivity contribution in [2.24, 2.45) is 0 Å². The molecule has 7 heteroatoms. The Labute approximate surface area is 134 Å². The smallest absolute Gasteiger partial charge is 0.319 e. The molecule has 2 rings (SSSR count). The van der Waals surface area contributed by atoms with E-state index >= 15 is 0 Å². The molecule has 0 unspecified atom stereocenters. The van der Waals surface area contributed by atoms with Crippen molar-refractivity contribution in [1.29, 1.82) is 0 Å². The molecule has 2 N–H and O–H groups in total. The van der Waals surface area contributed by atoms with Crippen LogP contribution in [0.3, 0.4) is 0 Å². The van der Waals surface area contributed by atoms with Gasteiger partial charge in [0.15, 0.2) is 0 Å². The molecule has 1 aromatic carbocycles. The highest BCUT2D eigenvalue weighted by Gasteiger charge is 2.06. The molecule has 2 amide bonds. The van der Waals surface area contributed by atoms with Gasteiger partial charge >= 0.3 is 6.03 Å². The molecular weight excluding hydrogens is 302 g/mol. The number of hydrogen-bond acceptors (Lipinski definition) is 4.